The number of nitrogens with two attached hydrogens (primary N) is 1. The standard InChI is InChI=1S/C18H19N7O3/c1-24(2)17-20-15(14(19)23-28-16(26)13-10-7-11-27-13)21-18(22-17)25(3)12-8-5-4-6-9-12/h4-11H,1-3H3,(H2,19,23). The third kappa shape index (κ3) is 4.23. The van der Waals surface area contributed by atoms with Gasteiger partial charge in [0.1, 0.15) is 0 Å². The van der Waals surface area contributed by atoms with Crippen molar-refractivity contribution in [3.05, 3.63) is 60.3 Å². The lowest BCUT2D eigenvalue weighted by molar-refractivity contribution is 0.0479. The van der Waals surface area contributed by atoms with Gasteiger partial charge in [-0.1, -0.05) is 23.4 Å². The van der Waals surface area contributed by atoms with Gasteiger partial charge in [-0.3, -0.25) is 0 Å². The second kappa shape index (κ2) is 8.16. The summed E-state index contributed by atoms with van der Waals surface area (Å²) in [5.74, 6) is -0.146. The molecule has 0 radical (unpaired) electrons. The molecule has 2 N–H and O–H groups in total. The first-order chi connectivity index (χ1) is 13.5. The first kappa shape index (κ1) is 18.8. The number of carbonyl (C=O) groups is 1. The fourth-order valence-electron chi connectivity index (χ4n) is 2.16. The highest BCUT2D eigenvalue weighted by molar-refractivity contribution is 5.95. The second-order valence-corrected chi connectivity index (χ2v) is 5.88. The number of nitrogens with zero attached hydrogens (tertiary/aromatic N) is 6. The maximum atomic E-state index is 11.8. The third-order valence-electron chi connectivity index (χ3n) is 3.63. The average molecular weight is 381 g/mol. The number of aromatic nitrogens is 3. The Morgan fingerprint density at radius 1 is 1.04 bits per heavy atom. The lowest BCUT2D eigenvalue weighted by atomic mass is 10.3. The summed E-state index contributed by atoms with van der Waals surface area (Å²) in [6, 6.07) is 12.6. The number of amidine groups is 1. The van der Waals surface area contributed by atoms with Gasteiger partial charge in [-0.2, -0.15) is 15.0 Å². The predicted molar refractivity (Wildman–Crippen MR) is 104 cm³/mol. The molecule has 28 heavy (non-hydrogen) atoms. The van der Waals surface area contributed by atoms with E-state index in [0.717, 1.165) is 5.69 Å². The minimum Gasteiger partial charge on any atom is -0.457 e. The van der Waals surface area contributed by atoms with Gasteiger partial charge in [0.25, 0.3) is 0 Å². The van der Waals surface area contributed by atoms with E-state index in [-0.39, 0.29) is 17.4 Å². The van der Waals surface area contributed by atoms with Crippen LogP contribution in [0.25, 0.3) is 0 Å². The minimum atomic E-state index is -0.781. The van der Waals surface area contributed by atoms with Crippen LogP contribution in [-0.2, 0) is 4.84 Å². The van der Waals surface area contributed by atoms with Gasteiger partial charge in [-0.15, -0.1) is 0 Å². The molecular weight excluding hydrogens is 362 g/mol. The van der Waals surface area contributed by atoms with Crippen LogP contribution in [0, 0.1) is 0 Å². The van der Waals surface area contributed by atoms with Crippen molar-refractivity contribution in [1.82, 2.24) is 15.0 Å². The molecule has 0 aliphatic rings. The summed E-state index contributed by atoms with van der Waals surface area (Å²) in [4.78, 5) is 33.1. The van der Waals surface area contributed by atoms with Crippen molar-refractivity contribution >= 4 is 29.4 Å². The molecular formula is C18H19N7O3. The van der Waals surface area contributed by atoms with Crippen LogP contribution in [0.5, 0.6) is 0 Å². The SMILES string of the molecule is CN(C)c1nc(/C(N)=N/OC(=O)c2ccco2)nc(N(C)c2ccccc2)n1. The smallest absolute Gasteiger partial charge is 0.400 e. The molecule has 10 heteroatoms. The van der Waals surface area contributed by atoms with E-state index >= 15 is 0 Å². The number of anilines is 3. The van der Waals surface area contributed by atoms with E-state index in [1.54, 1.807) is 30.0 Å². The molecule has 3 rings (SSSR count). The number of rotatable bonds is 6. The van der Waals surface area contributed by atoms with Crippen LogP contribution in [0.4, 0.5) is 17.6 Å². The van der Waals surface area contributed by atoms with Crippen molar-refractivity contribution < 1.29 is 14.0 Å². The zero-order chi connectivity index (χ0) is 20.1. The van der Waals surface area contributed by atoms with Gasteiger partial charge < -0.3 is 24.8 Å². The van der Waals surface area contributed by atoms with E-state index in [1.165, 1.54) is 12.3 Å². The molecule has 2 heterocycles. The third-order valence-corrected chi connectivity index (χ3v) is 3.63. The summed E-state index contributed by atoms with van der Waals surface area (Å²) in [6.07, 6.45) is 1.35. The molecule has 0 aliphatic heterocycles. The van der Waals surface area contributed by atoms with Crippen molar-refractivity contribution in [2.24, 2.45) is 10.9 Å². The summed E-state index contributed by atoms with van der Waals surface area (Å²) in [5, 5.41) is 3.62. The molecule has 2 aromatic heterocycles. The minimum absolute atomic E-state index is 0.00526. The summed E-state index contributed by atoms with van der Waals surface area (Å²) in [5.41, 5.74) is 6.80. The number of hydrogen-bond acceptors (Lipinski definition) is 9. The largest absolute Gasteiger partial charge is 0.457 e. The molecule has 1 aromatic carbocycles. The molecule has 0 atom stereocenters. The van der Waals surface area contributed by atoms with E-state index in [1.807, 2.05) is 37.4 Å². The van der Waals surface area contributed by atoms with Gasteiger partial charge in [0.15, 0.2) is 0 Å². The van der Waals surface area contributed by atoms with Crippen LogP contribution in [0.3, 0.4) is 0 Å². The van der Waals surface area contributed by atoms with Crippen molar-refractivity contribution in [3.63, 3.8) is 0 Å². The van der Waals surface area contributed by atoms with Crippen LogP contribution < -0.4 is 15.5 Å². The van der Waals surface area contributed by atoms with Gasteiger partial charge in [0, 0.05) is 26.8 Å². The number of hydrogen-bond donors (Lipinski definition) is 1. The number of para-hydroxylation sites is 1. The van der Waals surface area contributed by atoms with Gasteiger partial charge in [-0.25, -0.2) is 4.79 Å². The Kier molecular flexibility index (Phi) is 5.49. The summed E-state index contributed by atoms with van der Waals surface area (Å²) in [6.45, 7) is 0. The molecule has 0 bridgehead atoms. The van der Waals surface area contributed by atoms with Crippen LogP contribution in [-0.4, -0.2) is 47.9 Å². The number of carbonyl (C=O) groups excluding carboxylic acids is 1. The number of oxime groups is 1. The second-order valence-electron chi connectivity index (χ2n) is 5.88. The Balaban J connectivity index is 1.90. The average Bonchev–Trinajstić information content (AvgIpc) is 3.26. The summed E-state index contributed by atoms with van der Waals surface area (Å²) >= 11 is 0. The van der Waals surface area contributed by atoms with Gasteiger partial charge >= 0.3 is 5.97 Å². The topological polar surface area (TPSA) is 123 Å². The molecule has 0 unspecified atom stereocenters. The Hall–Kier alpha value is -3.95. The first-order valence-electron chi connectivity index (χ1n) is 8.26. The summed E-state index contributed by atoms with van der Waals surface area (Å²) in [7, 11) is 5.39. The van der Waals surface area contributed by atoms with E-state index in [9.17, 15) is 4.79 Å². The fraction of sp³-hybridized carbons (Fsp3) is 0.167. The number of furan rings is 1. The Morgan fingerprint density at radius 3 is 2.39 bits per heavy atom. The van der Waals surface area contributed by atoms with E-state index in [4.69, 9.17) is 15.0 Å². The van der Waals surface area contributed by atoms with Crippen LogP contribution in [0.1, 0.15) is 16.4 Å². The van der Waals surface area contributed by atoms with E-state index in [2.05, 4.69) is 20.1 Å². The lowest BCUT2D eigenvalue weighted by Crippen LogP contribution is -2.25. The molecule has 0 spiro atoms. The van der Waals surface area contributed by atoms with Crippen molar-refractivity contribution in [2.75, 3.05) is 30.9 Å². The van der Waals surface area contributed by atoms with Crippen LogP contribution in [0.15, 0.2) is 58.3 Å². The Bertz CT molecular complexity index is 972. The normalized spacial score (nSPS) is 11.2. The van der Waals surface area contributed by atoms with Crippen molar-refractivity contribution in [3.8, 4) is 0 Å². The Morgan fingerprint density at radius 2 is 1.75 bits per heavy atom. The quantitative estimate of drug-likeness (QED) is 0.294. The highest BCUT2D eigenvalue weighted by Crippen LogP contribution is 2.21. The molecule has 0 aliphatic carbocycles. The van der Waals surface area contributed by atoms with Crippen LogP contribution >= 0.6 is 0 Å². The highest BCUT2D eigenvalue weighted by Gasteiger charge is 2.17. The zero-order valence-electron chi connectivity index (χ0n) is 15.6. The molecule has 0 fully saturated rings. The fourth-order valence-corrected chi connectivity index (χ4v) is 2.16. The Labute approximate surface area is 161 Å². The predicted octanol–water partition coefficient (Wildman–Crippen LogP) is 1.78. The molecule has 3 aromatic rings. The summed E-state index contributed by atoms with van der Waals surface area (Å²) < 4.78 is 4.94. The monoisotopic (exact) mass is 381 g/mol. The lowest BCUT2D eigenvalue weighted by Gasteiger charge is -2.19. The number of benzene rings is 1. The maximum Gasteiger partial charge on any atom is 0.400 e. The first-order valence-corrected chi connectivity index (χ1v) is 8.26. The van der Waals surface area contributed by atoms with Gasteiger partial charge in [0.2, 0.25) is 29.3 Å². The van der Waals surface area contributed by atoms with Gasteiger partial charge in [-0.05, 0) is 24.3 Å². The molecule has 10 nitrogen and oxygen atoms in total. The highest BCUT2D eigenvalue weighted by atomic mass is 16.7. The molecule has 0 saturated heterocycles. The molecule has 144 valence electrons. The van der Waals surface area contributed by atoms with Crippen molar-refractivity contribution in [2.45, 2.75) is 0 Å². The maximum absolute atomic E-state index is 11.8. The molecule has 0 saturated carbocycles. The van der Waals surface area contributed by atoms with Gasteiger partial charge in [0.05, 0.1) is 6.26 Å². The zero-order valence-corrected chi connectivity index (χ0v) is 15.6. The van der Waals surface area contributed by atoms with Crippen molar-refractivity contribution in [1.29, 1.82) is 0 Å². The van der Waals surface area contributed by atoms with E-state index < -0.39 is 5.97 Å². The molecule has 0 amide bonds. The van der Waals surface area contributed by atoms with Crippen LogP contribution in [0.2, 0.25) is 0 Å². The van der Waals surface area contributed by atoms with E-state index in [0.29, 0.717) is 11.9 Å².